The van der Waals surface area contributed by atoms with Crippen LogP contribution in [0.1, 0.15) is 29.8 Å². The molecule has 0 heterocycles. The van der Waals surface area contributed by atoms with E-state index < -0.39 is 17.8 Å². The average molecular weight is 377 g/mol. The van der Waals surface area contributed by atoms with Crippen LogP contribution in [0.2, 0.25) is 5.02 Å². The zero-order valence-electron chi connectivity index (χ0n) is 15.0. The number of amides is 2. The van der Waals surface area contributed by atoms with Crippen molar-refractivity contribution in [3.05, 3.63) is 70.5 Å². The van der Waals surface area contributed by atoms with Gasteiger partial charge >= 0.3 is 0 Å². The standard InChI is InChI=1S/C20H22ClFN2O2/c1-13(2)18(23-19(25)15-7-9-17(22)10-8-15)20(26)24(3)12-14-5-4-6-16(21)11-14/h4-11,13,18H,12H2,1-3H3,(H,23,25). The molecule has 2 aromatic rings. The molecule has 0 aliphatic carbocycles. The van der Waals surface area contributed by atoms with Crippen molar-refractivity contribution in [3.8, 4) is 0 Å². The number of halogens is 2. The third-order valence-corrected chi connectivity index (χ3v) is 4.25. The highest BCUT2D eigenvalue weighted by atomic mass is 35.5. The Bertz CT molecular complexity index is 778. The molecule has 26 heavy (non-hydrogen) atoms. The van der Waals surface area contributed by atoms with Gasteiger partial charge in [-0.1, -0.05) is 37.6 Å². The average Bonchev–Trinajstić information content (AvgIpc) is 2.59. The molecule has 2 rings (SSSR count). The van der Waals surface area contributed by atoms with Crippen molar-refractivity contribution in [1.82, 2.24) is 10.2 Å². The molecule has 1 atom stereocenters. The van der Waals surface area contributed by atoms with Gasteiger partial charge in [0.05, 0.1) is 0 Å². The molecule has 1 N–H and O–H groups in total. The van der Waals surface area contributed by atoms with E-state index in [1.807, 2.05) is 26.0 Å². The third-order valence-electron chi connectivity index (χ3n) is 4.01. The molecule has 0 spiro atoms. The van der Waals surface area contributed by atoms with Crippen LogP contribution < -0.4 is 5.32 Å². The predicted molar refractivity (Wildman–Crippen MR) is 100 cm³/mol. The topological polar surface area (TPSA) is 49.4 Å². The van der Waals surface area contributed by atoms with Gasteiger partial charge in [-0.3, -0.25) is 9.59 Å². The Morgan fingerprint density at radius 2 is 1.81 bits per heavy atom. The lowest BCUT2D eigenvalue weighted by molar-refractivity contribution is -0.133. The highest BCUT2D eigenvalue weighted by molar-refractivity contribution is 6.30. The van der Waals surface area contributed by atoms with Gasteiger partial charge < -0.3 is 10.2 Å². The van der Waals surface area contributed by atoms with Gasteiger partial charge in [0.2, 0.25) is 5.91 Å². The number of hydrogen-bond donors (Lipinski definition) is 1. The van der Waals surface area contributed by atoms with E-state index >= 15 is 0 Å². The summed E-state index contributed by atoms with van der Waals surface area (Å²) in [5.41, 5.74) is 1.21. The van der Waals surface area contributed by atoms with Crippen molar-refractivity contribution >= 4 is 23.4 Å². The van der Waals surface area contributed by atoms with Crippen LogP contribution in [0.15, 0.2) is 48.5 Å². The van der Waals surface area contributed by atoms with Gasteiger partial charge in [0, 0.05) is 24.2 Å². The quantitative estimate of drug-likeness (QED) is 0.831. The molecule has 0 saturated carbocycles. The number of nitrogens with one attached hydrogen (secondary N) is 1. The minimum absolute atomic E-state index is 0.103. The first-order valence-corrected chi connectivity index (χ1v) is 8.71. The monoisotopic (exact) mass is 376 g/mol. The molecule has 0 aliphatic heterocycles. The van der Waals surface area contributed by atoms with Crippen molar-refractivity contribution in [3.63, 3.8) is 0 Å². The normalized spacial score (nSPS) is 11.9. The Morgan fingerprint density at radius 1 is 1.15 bits per heavy atom. The van der Waals surface area contributed by atoms with Crippen LogP contribution >= 0.6 is 11.6 Å². The molecule has 6 heteroatoms. The summed E-state index contributed by atoms with van der Waals surface area (Å²) >= 11 is 5.98. The predicted octanol–water partition coefficient (Wildman–Crippen LogP) is 3.89. The molecular weight excluding hydrogens is 355 g/mol. The Kier molecular flexibility index (Phi) is 6.75. The molecule has 0 saturated heterocycles. The lowest BCUT2D eigenvalue weighted by Gasteiger charge is -2.27. The maximum Gasteiger partial charge on any atom is 0.251 e. The van der Waals surface area contributed by atoms with Crippen LogP contribution in [0.3, 0.4) is 0 Å². The Labute approximate surface area is 158 Å². The van der Waals surface area contributed by atoms with E-state index in [4.69, 9.17) is 11.6 Å². The molecule has 0 bridgehead atoms. The fraction of sp³-hybridized carbons (Fsp3) is 0.300. The number of nitrogens with zero attached hydrogens (tertiary/aromatic N) is 1. The first-order chi connectivity index (χ1) is 12.3. The van der Waals surface area contributed by atoms with Gasteiger partial charge in [0.1, 0.15) is 11.9 Å². The summed E-state index contributed by atoms with van der Waals surface area (Å²) in [6.07, 6.45) is 0. The molecule has 0 aromatic heterocycles. The van der Waals surface area contributed by atoms with E-state index in [-0.39, 0.29) is 11.8 Å². The van der Waals surface area contributed by atoms with Gasteiger partial charge in [0.25, 0.3) is 5.91 Å². The Balaban J connectivity index is 2.08. The van der Waals surface area contributed by atoms with E-state index in [0.29, 0.717) is 17.1 Å². The maximum atomic E-state index is 13.0. The van der Waals surface area contributed by atoms with E-state index in [9.17, 15) is 14.0 Å². The fourth-order valence-electron chi connectivity index (χ4n) is 2.56. The van der Waals surface area contributed by atoms with Crippen LogP contribution in [0.25, 0.3) is 0 Å². The number of carbonyl (C=O) groups is 2. The van der Waals surface area contributed by atoms with Gasteiger partial charge in [-0.25, -0.2) is 4.39 Å². The van der Waals surface area contributed by atoms with Crippen molar-refractivity contribution in [2.45, 2.75) is 26.4 Å². The zero-order chi connectivity index (χ0) is 19.3. The van der Waals surface area contributed by atoms with Gasteiger partial charge in [0.15, 0.2) is 0 Å². The summed E-state index contributed by atoms with van der Waals surface area (Å²) in [4.78, 5) is 26.7. The number of hydrogen-bond acceptors (Lipinski definition) is 2. The summed E-state index contributed by atoms with van der Waals surface area (Å²) in [6.45, 7) is 4.11. The molecule has 0 fully saturated rings. The number of rotatable bonds is 6. The smallest absolute Gasteiger partial charge is 0.251 e. The summed E-state index contributed by atoms with van der Waals surface area (Å²) in [6, 6.07) is 11.8. The van der Waals surface area contributed by atoms with Crippen LogP contribution in [-0.4, -0.2) is 29.8 Å². The van der Waals surface area contributed by atoms with E-state index in [1.165, 1.54) is 24.3 Å². The maximum absolute atomic E-state index is 13.0. The first kappa shape index (κ1) is 19.9. The summed E-state index contributed by atoms with van der Waals surface area (Å²) in [5, 5.41) is 3.36. The van der Waals surface area contributed by atoms with E-state index in [0.717, 1.165) is 5.56 Å². The van der Waals surface area contributed by atoms with Crippen molar-refractivity contribution in [1.29, 1.82) is 0 Å². The van der Waals surface area contributed by atoms with Crippen LogP contribution in [0.4, 0.5) is 4.39 Å². The summed E-state index contributed by atoms with van der Waals surface area (Å²) in [7, 11) is 1.68. The minimum atomic E-state index is -0.684. The number of carbonyl (C=O) groups excluding carboxylic acids is 2. The first-order valence-electron chi connectivity index (χ1n) is 8.33. The van der Waals surface area contributed by atoms with Crippen molar-refractivity contribution < 1.29 is 14.0 Å². The lowest BCUT2D eigenvalue weighted by Crippen LogP contribution is -2.50. The molecule has 0 radical (unpaired) electrons. The molecule has 1 unspecified atom stereocenters. The molecule has 2 amide bonds. The second-order valence-corrected chi connectivity index (χ2v) is 6.96. The molecule has 2 aromatic carbocycles. The molecule has 0 aliphatic rings. The van der Waals surface area contributed by atoms with Crippen LogP contribution in [0, 0.1) is 11.7 Å². The zero-order valence-corrected chi connectivity index (χ0v) is 15.8. The van der Waals surface area contributed by atoms with Crippen LogP contribution in [0.5, 0.6) is 0 Å². The van der Waals surface area contributed by atoms with Crippen molar-refractivity contribution in [2.24, 2.45) is 5.92 Å². The van der Waals surface area contributed by atoms with Gasteiger partial charge in [-0.2, -0.15) is 0 Å². The minimum Gasteiger partial charge on any atom is -0.340 e. The van der Waals surface area contributed by atoms with Crippen molar-refractivity contribution in [2.75, 3.05) is 7.05 Å². The SMILES string of the molecule is CC(C)C(NC(=O)c1ccc(F)cc1)C(=O)N(C)Cc1cccc(Cl)c1. The lowest BCUT2D eigenvalue weighted by atomic mass is 10.0. The second-order valence-electron chi connectivity index (χ2n) is 6.53. The number of likely N-dealkylation sites (N-methyl/N-ethyl adjacent to an activating group) is 1. The van der Waals surface area contributed by atoms with Gasteiger partial charge in [-0.15, -0.1) is 0 Å². The molecular formula is C20H22ClFN2O2. The number of benzene rings is 2. The largest absolute Gasteiger partial charge is 0.340 e. The van der Waals surface area contributed by atoms with Crippen LogP contribution in [-0.2, 0) is 11.3 Å². The van der Waals surface area contributed by atoms with Gasteiger partial charge in [-0.05, 0) is 47.9 Å². The summed E-state index contributed by atoms with van der Waals surface area (Å²) in [5.74, 6) is -1.13. The second kappa shape index (κ2) is 8.81. The fourth-order valence-corrected chi connectivity index (χ4v) is 2.78. The third kappa shape index (κ3) is 5.30. The van der Waals surface area contributed by atoms with E-state index in [2.05, 4.69) is 5.32 Å². The molecule has 138 valence electrons. The summed E-state index contributed by atoms with van der Waals surface area (Å²) < 4.78 is 13.0. The highest BCUT2D eigenvalue weighted by Gasteiger charge is 2.27. The Morgan fingerprint density at radius 3 is 2.38 bits per heavy atom. The highest BCUT2D eigenvalue weighted by Crippen LogP contribution is 2.14. The van der Waals surface area contributed by atoms with E-state index in [1.54, 1.807) is 24.1 Å². The molecule has 4 nitrogen and oxygen atoms in total. The Hall–Kier alpha value is -2.40.